The van der Waals surface area contributed by atoms with Gasteiger partial charge in [0.1, 0.15) is 6.10 Å². The SMILES string of the molecule is O=C(Cc1ccccc1)C(=O)C(O)CO. The zero-order valence-electron chi connectivity index (χ0n) is 8.09. The van der Waals surface area contributed by atoms with E-state index in [1.165, 1.54) is 0 Å². The van der Waals surface area contributed by atoms with Gasteiger partial charge < -0.3 is 10.2 Å². The molecule has 0 aliphatic rings. The molecule has 15 heavy (non-hydrogen) atoms. The third kappa shape index (κ3) is 3.27. The van der Waals surface area contributed by atoms with Crippen molar-refractivity contribution < 1.29 is 19.8 Å². The summed E-state index contributed by atoms with van der Waals surface area (Å²) < 4.78 is 0. The third-order valence-electron chi connectivity index (χ3n) is 1.96. The normalized spacial score (nSPS) is 12.1. The molecule has 0 saturated heterocycles. The highest BCUT2D eigenvalue weighted by atomic mass is 16.3. The lowest BCUT2D eigenvalue weighted by molar-refractivity contribution is -0.142. The van der Waals surface area contributed by atoms with Crippen LogP contribution >= 0.6 is 0 Å². The zero-order valence-corrected chi connectivity index (χ0v) is 8.09. The summed E-state index contributed by atoms with van der Waals surface area (Å²) in [6.45, 7) is -0.723. The molecule has 0 fully saturated rings. The van der Waals surface area contributed by atoms with Crippen molar-refractivity contribution in [2.75, 3.05) is 6.61 Å². The van der Waals surface area contributed by atoms with E-state index in [9.17, 15) is 9.59 Å². The Hall–Kier alpha value is -1.52. The molecule has 1 aromatic rings. The second-order valence-corrected chi connectivity index (χ2v) is 3.15. The van der Waals surface area contributed by atoms with Gasteiger partial charge in [0.25, 0.3) is 0 Å². The number of Topliss-reactive ketones (excluding diaryl/α,β-unsaturated/α-hetero) is 2. The zero-order chi connectivity index (χ0) is 11.3. The first-order valence-electron chi connectivity index (χ1n) is 4.55. The van der Waals surface area contributed by atoms with Crippen LogP contribution in [0, 0.1) is 0 Å². The van der Waals surface area contributed by atoms with Gasteiger partial charge in [0.05, 0.1) is 6.61 Å². The lowest BCUT2D eigenvalue weighted by Gasteiger charge is -2.04. The van der Waals surface area contributed by atoms with Gasteiger partial charge >= 0.3 is 0 Å². The van der Waals surface area contributed by atoms with E-state index in [1.807, 2.05) is 0 Å². The molecule has 0 amide bonds. The monoisotopic (exact) mass is 208 g/mol. The minimum absolute atomic E-state index is 0.0449. The van der Waals surface area contributed by atoms with E-state index in [4.69, 9.17) is 10.2 Å². The highest BCUT2D eigenvalue weighted by molar-refractivity contribution is 6.39. The van der Waals surface area contributed by atoms with E-state index in [2.05, 4.69) is 0 Å². The number of hydrogen-bond acceptors (Lipinski definition) is 4. The molecule has 0 aliphatic heterocycles. The summed E-state index contributed by atoms with van der Waals surface area (Å²) >= 11 is 0. The topological polar surface area (TPSA) is 74.6 Å². The Kier molecular flexibility index (Phi) is 4.15. The number of aliphatic hydroxyl groups excluding tert-OH is 2. The van der Waals surface area contributed by atoms with Gasteiger partial charge in [-0.2, -0.15) is 0 Å². The van der Waals surface area contributed by atoms with Crippen LogP contribution in [0.2, 0.25) is 0 Å². The van der Waals surface area contributed by atoms with Crippen molar-refractivity contribution in [3.05, 3.63) is 35.9 Å². The summed E-state index contributed by atoms with van der Waals surface area (Å²) in [5.41, 5.74) is 0.709. The van der Waals surface area contributed by atoms with E-state index >= 15 is 0 Å². The smallest absolute Gasteiger partial charge is 0.229 e. The van der Waals surface area contributed by atoms with Gasteiger partial charge in [-0.15, -0.1) is 0 Å². The molecule has 0 heterocycles. The molecule has 4 nitrogen and oxygen atoms in total. The fourth-order valence-corrected chi connectivity index (χ4v) is 1.14. The Labute approximate surface area is 87.2 Å². The van der Waals surface area contributed by atoms with Gasteiger partial charge in [-0.25, -0.2) is 0 Å². The molecule has 2 N–H and O–H groups in total. The quantitative estimate of drug-likeness (QED) is 0.653. The summed E-state index contributed by atoms with van der Waals surface area (Å²) in [5.74, 6) is -1.64. The van der Waals surface area contributed by atoms with Crippen molar-refractivity contribution in [2.45, 2.75) is 12.5 Å². The number of carbonyl (C=O) groups is 2. The highest BCUT2D eigenvalue weighted by Gasteiger charge is 2.21. The first-order chi connectivity index (χ1) is 7.15. The van der Waals surface area contributed by atoms with Crippen molar-refractivity contribution in [1.29, 1.82) is 0 Å². The van der Waals surface area contributed by atoms with Gasteiger partial charge in [0.15, 0.2) is 0 Å². The van der Waals surface area contributed by atoms with Crippen LogP contribution in [0.1, 0.15) is 5.56 Å². The van der Waals surface area contributed by atoms with E-state index in [0.717, 1.165) is 0 Å². The van der Waals surface area contributed by atoms with E-state index in [1.54, 1.807) is 30.3 Å². The molecule has 0 spiro atoms. The van der Waals surface area contributed by atoms with Gasteiger partial charge in [-0.05, 0) is 5.56 Å². The molecule has 0 aliphatic carbocycles. The molecule has 1 rings (SSSR count). The van der Waals surface area contributed by atoms with E-state index < -0.39 is 24.3 Å². The van der Waals surface area contributed by atoms with Gasteiger partial charge in [-0.1, -0.05) is 30.3 Å². The maximum atomic E-state index is 11.3. The van der Waals surface area contributed by atoms with Crippen LogP contribution in [0.3, 0.4) is 0 Å². The number of rotatable bonds is 5. The second-order valence-electron chi connectivity index (χ2n) is 3.15. The van der Waals surface area contributed by atoms with Crippen LogP contribution < -0.4 is 0 Å². The lowest BCUT2D eigenvalue weighted by atomic mass is 10.0. The Balaban J connectivity index is 2.60. The van der Waals surface area contributed by atoms with Crippen LogP contribution in [-0.2, 0) is 16.0 Å². The number of carbonyl (C=O) groups excluding carboxylic acids is 2. The molecular weight excluding hydrogens is 196 g/mol. The van der Waals surface area contributed by atoms with Crippen LogP contribution in [-0.4, -0.2) is 34.5 Å². The second kappa shape index (κ2) is 5.38. The first-order valence-corrected chi connectivity index (χ1v) is 4.55. The molecule has 0 bridgehead atoms. The minimum Gasteiger partial charge on any atom is -0.393 e. The minimum atomic E-state index is -1.60. The first kappa shape index (κ1) is 11.6. The molecule has 1 aromatic carbocycles. The van der Waals surface area contributed by atoms with Crippen molar-refractivity contribution in [3.63, 3.8) is 0 Å². The Morgan fingerprint density at radius 2 is 1.80 bits per heavy atom. The van der Waals surface area contributed by atoms with Crippen molar-refractivity contribution in [3.8, 4) is 0 Å². The summed E-state index contributed by atoms with van der Waals surface area (Å²) in [6, 6.07) is 8.76. The Bertz CT molecular complexity index is 345. The van der Waals surface area contributed by atoms with Crippen LogP contribution in [0.4, 0.5) is 0 Å². The molecule has 1 unspecified atom stereocenters. The van der Waals surface area contributed by atoms with Gasteiger partial charge in [-0.3, -0.25) is 9.59 Å². The number of benzene rings is 1. The van der Waals surface area contributed by atoms with Crippen LogP contribution in [0.15, 0.2) is 30.3 Å². The molecule has 80 valence electrons. The molecule has 4 heteroatoms. The predicted octanol–water partition coefficient (Wildman–Crippen LogP) is -0.280. The fourth-order valence-electron chi connectivity index (χ4n) is 1.14. The van der Waals surface area contributed by atoms with Crippen molar-refractivity contribution in [1.82, 2.24) is 0 Å². The Morgan fingerprint density at radius 3 is 2.33 bits per heavy atom. The average Bonchev–Trinajstić information content (AvgIpc) is 2.28. The maximum absolute atomic E-state index is 11.3. The predicted molar refractivity (Wildman–Crippen MR) is 53.3 cm³/mol. The van der Waals surface area contributed by atoms with Gasteiger partial charge in [0.2, 0.25) is 11.6 Å². The van der Waals surface area contributed by atoms with Crippen LogP contribution in [0.25, 0.3) is 0 Å². The van der Waals surface area contributed by atoms with Crippen molar-refractivity contribution >= 4 is 11.6 Å². The molecular formula is C11H12O4. The van der Waals surface area contributed by atoms with Crippen molar-refractivity contribution in [2.24, 2.45) is 0 Å². The standard InChI is InChI=1S/C11H12O4/c12-7-10(14)11(15)9(13)6-8-4-2-1-3-5-8/h1-5,10,12,14H,6-7H2. The van der Waals surface area contributed by atoms with E-state index in [0.29, 0.717) is 5.56 Å². The summed E-state index contributed by atoms with van der Waals surface area (Å²) in [4.78, 5) is 22.4. The molecule has 0 saturated carbocycles. The number of ketones is 2. The summed E-state index contributed by atoms with van der Waals surface area (Å²) in [6.07, 6.45) is -1.64. The van der Waals surface area contributed by atoms with Crippen LogP contribution in [0.5, 0.6) is 0 Å². The molecule has 1 atom stereocenters. The number of aliphatic hydroxyl groups is 2. The maximum Gasteiger partial charge on any atom is 0.229 e. The molecule has 0 aromatic heterocycles. The number of hydrogen-bond donors (Lipinski definition) is 2. The third-order valence-corrected chi connectivity index (χ3v) is 1.96. The molecule has 0 radical (unpaired) electrons. The summed E-state index contributed by atoms with van der Waals surface area (Å²) in [5, 5.41) is 17.5. The lowest BCUT2D eigenvalue weighted by Crippen LogP contribution is -2.32. The Morgan fingerprint density at radius 1 is 1.20 bits per heavy atom. The van der Waals surface area contributed by atoms with E-state index in [-0.39, 0.29) is 6.42 Å². The largest absolute Gasteiger partial charge is 0.393 e. The van der Waals surface area contributed by atoms with Gasteiger partial charge in [0, 0.05) is 6.42 Å². The highest BCUT2D eigenvalue weighted by Crippen LogP contribution is 2.01. The average molecular weight is 208 g/mol. The fraction of sp³-hybridized carbons (Fsp3) is 0.273. The summed E-state index contributed by atoms with van der Waals surface area (Å²) in [7, 11) is 0.